The molecule has 2 bridgehead atoms. The molecule has 3 heteroatoms. The monoisotopic (exact) mass is 250 g/mol. The summed E-state index contributed by atoms with van der Waals surface area (Å²) in [4.78, 5) is 16.9. The molecule has 3 unspecified atom stereocenters. The normalized spacial score (nSPS) is 36.9. The van der Waals surface area contributed by atoms with Gasteiger partial charge in [0.15, 0.2) is 0 Å². The van der Waals surface area contributed by atoms with Crippen molar-refractivity contribution in [1.82, 2.24) is 9.80 Å². The van der Waals surface area contributed by atoms with E-state index in [4.69, 9.17) is 0 Å². The van der Waals surface area contributed by atoms with Crippen molar-refractivity contribution < 1.29 is 4.79 Å². The van der Waals surface area contributed by atoms with Crippen molar-refractivity contribution in [2.75, 3.05) is 33.2 Å². The number of fused-ring (bicyclic) bond motifs is 2. The lowest BCUT2D eigenvalue weighted by Gasteiger charge is -2.26. The lowest BCUT2D eigenvalue weighted by Crippen LogP contribution is -2.36. The standard InChI is InChI=1S/C15H26N2O/c1-16-5-2-6-17(8-7-16)15(18)11-14-10-12-3-4-13(14)9-12/h12-14H,2-11H2,1H3. The third-order valence-corrected chi connectivity index (χ3v) is 5.39. The van der Waals surface area contributed by atoms with Crippen LogP contribution in [-0.2, 0) is 4.79 Å². The van der Waals surface area contributed by atoms with E-state index in [0.29, 0.717) is 5.91 Å². The van der Waals surface area contributed by atoms with Gasteiger partial charge in [-0.2, -0.15) is 0 Å². The molecule has 0 aromatic rings. The molecular weight excluding hydrogens is 224 g/mol. The summed E-state index contributed by atoms with van der Waals surface area (Å²) in [7, 11) is 2.16. The Kier molecular flexibility index (Phi) is 3.60. The SMILES string of the molecule is CN1CCCN(C(=O)CC2CC3CCC2C3)CC1. The van der Waals surface area contributed by atoms with Crippen molar-refractivity contribution in [1.29, 1.82) is 0 Å². The molecule has 2 aliphatic carbocycles. The van der Waals surface area contributed by atoms with E-state index in [1.165, 1.54) is 25.7 Å². The predicted octanol–water partition coefficient (Wildman–Crippen LogP) is 1.98. The molecule has 1 heterocycles. The molecule has 1 amide bonds. The van der Waals surface area contributed by atoms with E-state index >= 15 is 0 Å². The first-order valence-corrected chi connectivity index (χ1v) is 7.68. The Balaban J connectivity index is 1.51. The molecule has 3 nitrogen and oxygen atoms in total. The predicted molar refractivity (Wildman–Crippen MR) is 72.2 cm³/mol. The van der Waals surface area contributed by atoms with Gasteiger partial charge in [-0.1, -0.05) is 6.42 Å². The maximum absolute atomic E-state index is 12.4. The van der Waals surface area contributed by atoms with E-state index in [9.17, 15) is 4.79 Å². The Morgan fingerprint density at radius 3 is 2.72 bits per heavy atom. The smallest absolute Gasteiger partial charge is 0.222 e. The first kappa shape index (κ1) is 12.5. The average molecular weight is 250 g/mol. The van der Waals surface area contributed by atoms with E-state index in [1.807, 2.05) is 0 Å². The molecule has 0 spiro atoms. The quantitative estimate of drug-likeness (QED) is 0.748. The van der Waals surface area contributed by atoms with Crippen LogP contribution in [0.25, 0.3) is 0 Å². The van der Waals surface area contributed by atoms with Gasteiger partial charge < -0.3 is 9.80 Å². The van der Waals surface area contributed by atoms with Crippen molar-refractivity contribution in [3.63, 3.8) is 0 Å². The fourth-order valence-corrected chi connectivity index (χ4v) is 4.28. The molecule has 0 N–H and O–H groups in total. The second-order valence-electron chi connectivity index (χ2n) is 6.68. The highest BCUT2D eigenvalue weighted by atomic mass is 16.2. The van der Waals surface area contributed by atoms with Crippen LogP contribution in [-0.4, -0.2) is 48.9 Å². The molecule has 0 radical (unpaired) electrons. The first-order chi connectivity index (χ1) is 8.72. The highest BCUT2D eigenvalue weighted by Gasteiger charge is 2.40. The molecule has 102 valence electrons. The molecule has 1 aliphatic heterocycles. The molecule has 3 rings (SSSR count). The molecule has 0 aromatic carbocycles. The molecule has 2 saturated carbocycles. The Labute approximate surface area is 111 Å². The van der Waals surface area contributed by atoms with E-state index in [2.05, 4.69) is 16.8 Å². The molecule has 3 atom stereocenters. The summed E-state index contributed by atoms with van der Waals surface area (Å²) >= 11 is 0. The van der Waals surface area contributed by atoms with Crippen molar-refractivity contribution in [3.8, 4) is 0 Å². The number of amides is 1. The Bertz CT molecular complexity index is 318. The highest BCUT2D eigenvalue weighted by Crippen LogP contribution is 2.49. The molecule has 0 aromatic heterocycles. The molecule has 3 aliphatic rings. The average Bonchev–Trinajstić information content (AvgIpc) is 2.88. The lowest BCUT2D eigenvalue weighted by atomic mass is 9.86. The molecular formula is C15H26N2O. The van der Waals surface area contributed by atoms with Gasteiger partial charge in [-0.05, 0) is 57.0 Å². The minimum absolute atomic E-state index is 0.433. The van der Waals surface area contributed by atoms with Crippen molar-refractivity contribution in [2.45, 2.75) is 38.5 Å². The van der Waals surface area contributed by atoms with Crippen LogP contribution in [0, 0.1) is 17.8 Å². The summed E-state index contributed by atoms with van der Waals surface area (Å²) in [5.41, 5.74) is 0. The minimum Gasteiger partial charge on any atom is -0.341 e. The van der Waals surface area contributed by atoms with Gasteiger partial charge >= 0.3 is 0 Å². The van der Waals surface area contributed by atoms with Crippen LogP contribution in [0.3, 0.4) is 0 Å². The van der Waals surface area contributed by atoms with Crippen LogP contribution in [0.2, 0.25) is 0 Å². The van der Waals surface area contributed by atoms with Crippen molar-refractivity contribution >= 4 is 5.91 Å². The molecule has 3 fully saturated rings. The molecule has 1 saturated heterocycles. The number of carbonyl (C=O) groups excluding carboxylic acids is 1. The third kappa shape index (κ3) is 2.56. The summed E-state index contributed by atoms with van der Waals surface area (Å²) in [6.07, 6.45) is 7.56. The third-order valence-electron chi connectivity index (χ3n) is 5.39. The summed E-state index contributed by atoms with van der Waals surface area (Å²) in [5.74, 6) is 3.00. The topological polar surface area (TPSA) is 23.6 Å². The zero-order valence-corrected chi connectivity index (χ0v) is 11.6. The van der Waals surface area contributed by atoms with Crippen LogP contribution in [0.15, 0.2) is 0 Å². The van der Waals surface area contributed by atoms with Crippen LogP contribution in [0.4, 0.5) is 0 Å². The Morgan fingerprint density at radius 2 is 2.00 bits per heavy atom. The van der Waals surface area contributed by atoms with Crippen LogP contribution < -0.4 is 0 Å². The zero-order chi connectivity index (χ0) is 12.5. The van der Waals surface area contributed by atoms with Gasteiger partial charge in [0, 0.05) is 26.1 Å². The largest absolute Gasteiger partial charge is 0.341 e. The number of likely N-dealkylation sites (N-methyl/N-ethyl adjacent to an activating group) is 1. The number of hydrogen-bond donors (Lipinski definition) is 0. The summed E-state index contributed by atoms with van der Waals surface area (Å²) in [6.45, 7) is 4.10. The molecule has 18 heavy (non-hydrogen) atoms. The number of carbonyl (C=O) groups is 1. The number of rotatable bonds is 2. The van der Waals surface area contributed by atoms with Gasteiger partial charge in [-0.3, -0.25) is 4.79 Å². The highest BCUT2D eigenvalue weighted by molar-refractivity contribution is 5.76. The second-order valence-corrected chi connectivity index (χ2v) is 6.68. The first-order valence-electron chi connectivity index (χ1n) is 7.68. The fourth-order valence-electron chi connectivity index (χ4n) is 4.28. The summed E-state index contributed by atoms with van der Waals surface area (Å²) in [5, 5.41) is 0. The Morgan fingerprint density at radius 1 is 1.11 bits per heavy atom. The lowest BCUT2D eigenvalue weighted by molar-refractivity contribution is -0.132. The van der Waals surface area contributed by atoms with Gasteiger partial charge in [0.25, 0.3) is 0 Å². The van der Waals surface area contributed by atoms with Crippen molar-refractivity contribution in [2.24, 2.45) is 17.8 Å². The van der Waals surface area contributed by atoms with Gasteiger partial charge in [-0.15, -0.1) is 0 Å². The number of nitrogens with zero attached hydrogens (tertiary/aromatic N) is 2. The Hall–Kier alpha value is -0.570. The van der Waals surface area contributed by atoms with E-state index < -0.39 is 0 Å². The van der Waals surface area contributed by atoms with Crippen LogP contribution in [0.5, 0.6) is 0 Å². The summed E-state index contributed by atoms with van der Waals surface area (Å²) < 4.78 is 0. The van der Waals surface area contributed by atoms with E-state index in [0.717, 1.165) is 56.8 Å². The maximum Gasteiger partial charge on any atom is 0.222 e. The minimum atomic E-state index is 0.433. The van der Waals surface area contributed by atoms with E-state index in [1.54, 1.807) is 0 Å². The van der Waals surface area contributed by atoms with Crippen LogP contribution in [0.1, 0.15) is 38.5 Å². The van der Waals surface area contributed by atoms with Gasteiger partial charge in [0.1, 0.15) is 0 Å². The number of hydrogen-bond acceptors (Lipinski definition) is 2. The van der Waals surface area contributed by atoms with E-state index in [-0.39, 0.29) is 0 Å². The van der Waals surface area contributed by atoms with Crippen LogP contribution >= 0.6 is 0 Å². The fraction of sp³-hybridized carbons (Fsp3) is 0.933. The van der Waals surface area contributed by atoms with Gasteiger partial charge in [0.2, 0.25) is 5.91 Å². The van der Waals surface area contributed by atoms with Gasteiger partial charge in [0.05, 0.1) is 0 Å². The second kappa shape index (κ2) is 5.20. The van der Waals surface area contributed by atoms with Gasteiger partial charge in [-0.25, -0.2) is 0 Å². The maximum atomic E-state index is 12.4. The summed E-state index contributed by atoms with van der Waals surface area (Å²) in [6, 6.07) is 0. The van der Waals surface area contributed by atoms with Crippen molar-refractivity contribution in [3.05, 3.63) is 0 Å². The zero-order valence-electron chi connectivity index (χ0n) is 11.6.